The van der Waals surface area contributed by atoms with Crippen molar-refractivity contribution in [2.45, 2.75) is 6.42 Å². The van der Waals surface area contributed by atoms with Gasteiger partial charge in [-0.3, -0.25) is 24.6 Å². The molecule has 2 amide bonds. The summed E-state index contributed by atoms with van der Waals surface area (Å²) in [7, 11) is 0. The molecule has 0 unspecified atom stereocenters. The van der Waals surface area contributed by atoms with Gasteiger partial charge in [-0.2, -0.15) is 0 Å². The van der Waals surface area contributed by atoms with E-state index in [1.165, 1.54) is 6.07 Å². The number of amides is 2. The standard InChI is InChI=1S/C21H16ClN3O5/c22-12-5-7-13(8-6-12)23-19-14-3-1-4-15-18(14)16(11-17(19)25(29)30)21(28)24(20(15)27)9-2-10-26/h1,3-8,11,23,26H,2,9-10H2. The average Bonchev–Trinajstić information content (AvgIpc) is 2.74. The lowest BCUT2D eigenvalue weighted by molar-refractivity contribution is -0.383. The molecule has 0 radical (unpaired) electrons. The van der Waals surface area contributed by atoms with Crippen molar-refractivity contribution in [2.24, 2.45) is 0 Å². The van der Waals surface area contributed by atoms with Crippen molar-refractivity contribution in [2.75, 3.05) is 18.5 Å². The summed E-state index contributed by atoms with van der Waals surface area (Å²) >= 11 is 5.91. The van der Waals surface area contributed by atoms with E-state index in [-0.39, 0.29) is 42.1 Å². The molecule has 152 valence electrons. The number of hydrogen-bond acceptors (Lipinski definition) is 6. The fraction of sp³-hybridized carbons (Fsp3) is 0.143. The van der Waals surface area contributed by atoms with Gasteiger partial charge in [0.15, 0.2) is 0 Å². The third-order valence-corrected chi connectivity index (χ3v) is 5.19. The van der Waals surface area contributed by atoms with Crippen LogP contribution in [0.1, 0.15) is 27.1 Å². The summed E-state index contributed by atoms with van der Waals surface area (Å²) in [4.78, 5) is 38.1. The first-order valence-electron chi connectivity index (χ1n) is 9.16. The van der Waals surface area contributed by atoms with Crippen LogP contribution in [0, 0.1) is 10.1 Å². The zero-order valence-electron chi connectivity index (χ0n) is 15.6. The monoisotopic (exact) mass is 425 g/mol. The van der Waals surface area contributed by atoms with Gasteiger partial charge in [0.1, 0.15) is 5.69 Å². The lowest BCUT2D eigenvalue weighted by Crippen LogP contribution is -2.41. The highest BCUT2D eigenvalue weighted by Gasteiger charge is 2.35. The quantitative estimate of drug-likeness (QED) is 0.349. The Hall–Kier alpha value is -3.49. The molecule has 2 N–H and O–H groups in total. The minimum Gasteiger partial charge on any atom is -0.396 e. The molecule has 3 aromatic rings. The summed E-state index contributed by atoms with van der Waals surface area (Å²) in [6.45, 7) is -0.152. The SMILES string of the molecule is O=C1c2cccc3c(Nc4ccc(Cl)cc4)c([N+](=O)[O-])cc(c23)C(=O)N1CCCO. The van der Waals surface area contributed by atoms with E-state index < -0.39 is 16.7 Å². The Kier molecular flexibility index (Phi) is 5.11. The Morgan fingerprint density at radius 3 is 2.43 bits per heavy atom. The van der Waals surface area contributed by atoms with Crippen molar-refractivity contribution in [1.82, 2.24) is 4.90 Å². The number of halogens is 1. The number of hydrogen-bond donors (Lipinski definition) is 2. The van der Waals surface area contributed by atoms with Gasteiger partial charge in [-0.25, -0.2) is 0 Å². The van der Waals surface area contributed by atoms with Gasteiger partial charge >= 0.3 is 0 Å². The Bertz CT molecular complexity index is 1190. The molecule has 0 spiro atoms. The second-order valence-electron chi connectivity index (χ2n) is 6.77. The van der Waals surface area contributed by atoms with Crippen LogP contribution in [0.3, 0.4) is 0 Å². The molecule has 4 rings (SSSR count). The zero-order chi connectivity index (χ0) is 21.4. The summed E-state index contributed by atoms with van der Waals surface area (Å²) in [5.41, 5.74) is 0.851. The molecule has 1 aliphatic rings. The first-order valence-corrected chi connectivity index (χ1v) is 9.54. The lowest BCUT2D eigenvalue weighted by atomic mass is 9.92. The fourth-order valence-electron chi connectivity index (χ4n) is 3.58. The highest BCUT2D eigenvalue weighted by Crippen LogP contribution is 2.41. The van der Waals surface area contributed by atoms with E-state index in [9.17, 15) is 19.7 Å². The van der Waals surface area contributed by atoms with Crippen molar-refractivity contribution in [3.63, 3.8) is 0 Å². The van der Waals surface area contributed by atoms with Crippen molar-refractivity contribution in [1.29, 1.82) is 0 Å². The fourth-order valence-corrected chi connectivity index (χ4v) is 3.71. The number of anilines is 2. The summed E-state index contributed by atoms with van der Waals surface area (Å²) in [6.07, 6.45) is 0.223. The maximum atomic E-state index is 13.0. The van der Waals surface area contributed by atoms with Gasteiger partial charge < -0.3 is 10.4 Å². The molecule has 0 aliphatic carbocycles. The van der Waals surface area contributed by atoms with Crippen molar-refractivity contribution in [3.05, 3.63) is 74.8 Å². The second kappa shape index (κ2) is 7.74. The predicted molar refractivity (Wildman–Crippen MR) is 112 cm³/mol. The lowest BCUT2D eigenvalue weighted by Gasteiger charge is -2.27. The van der Waals surface area contributed by atoms with Gasteiger partial charge in [0.25, 0.3) is 17.5 Å². The van der Waals surface area contributed by atoms with Crippen LogP contribution < -0.4 is 5.32 Å². The molecular formula is C21H16ClN3O5. The van der Waals surface area contributed by atoms with Crippen LogP contribution in [0.5, 0.6) is 0 Å². The third-order valence-electron chi connectivity index (χ3n) is 4.94. The first-order chi connectivity index (χ1) is 14.4. The number of nitrogens with zero attached hydrogens (tertiary/aromatic N) is 2. The average molecular weight is 426 g/mol. The number of nitro benzene ring substituents is 1. The van der Waals surface area contributed by atoms with E-state index in [1.54, 1.807) is 42.5 Å². The molecule has 0 bridgehead atoms. The van der Waals surface area contributed by atoms with Crippen LogP contribution in [-0.4, -0.2) is 39.9 Å². The summed E-state index contributed by atoms with van der Waals surface area (Å²) in [5, 5.41) is 25.2. The Labute approximate surface area is 175 Å². The largest absolute Gasteiger partial charge is 0.396 e. The normalized spacial score (nSPS) is 13.1. The van der Waals surface area contributed by atoms with Gasteiger partial charge in [-0.1, -0.05) is 23.7 Å². The minimum atomic E-state index is -0.613. The van der Waals surface area contributed by atoms with Crippen LogP contribution in [-0.2, 0) is 0 Å². The third kappa shape index (κ3) is 3.26. The maximum absolute atomic E-state index is 13.0. The molecule has 3 aromatic carbocycles. The van der Waals surface area contributed by atoms with Crippen molar-refractivity contribution in [3.8, 4) is 0 Å². The predicted octanol–water partition coefficient (Wildman–Crippen LogP) is 4.12. The maximum Gasteiger partial charge on any atom is 0.294 e. The topological polar surface area (TPSA) is 113 Å². The number of carbonyl (C=O) groups excluding carboxylic acids is 2. The Morgan fingerprint density at radius 1 is 1.07 bits per heavy atom. The molecule has 30 heavy (non-hydrogen) atoms. The van der Waals surface area contributed by atoms with Gasteiger partial charge in [0, 0.05) is 46.3 Å². The van der Waals surface area contributed by atoms with Gasteiger partial charge in [-0.15, -0.1) is 0 Å². The van der Waals surface area contributed by atoms with Crippen LogP contribution in [0.15, 0.2) is 48.5 Å². The van der Waals surface area contributed by atoms with E-state index in [4.69, 9.17) is 16.7 Å². The molecule has 1 aliphatic heterocycles. The number of nitro groups is 1. The summed E-state index contributed by atoms with van der Waals surface area (Å²) < 4.78 is 0. The first kappa shape index (κ1) is 19.8. The molecule has 0 saturated heterocycles. The van der Waals surface area contributed by atoms with Crippen LogP contribution in [0.4, 0.5) is 17.1 Å². The smallest absolute Gasteiger partial charge is 0.294 e. The summed E-state index contributed by atoms with van der Waals surface area (Å²) in [6, 6.07) is 12.7. The van der Waals surface area contributed by atoms with Crippen LogP contribution in [0.25, 0.3) is 10.8 Å². The van der Waals surface area contributed by atoms with Crippen molar-refractivity contribution >= 4 is 51.2 Å². The van der Waals surface area contributed by atoms with Crippen LogP contribution in [0.2, 0.25) is 5.02 Å². The van der Waals surface area contributed by atoms with Gasteiger partial charge in [-0.05, 0) is 36.8 Å². The van der Waals surface area contributed by atoms with E-state index in [2.05, 4.69) is 5.32 Å². The molecule has 1 heterocycles. The second-order valence-corrected chi connectivity index (χ2v) is 7.21. The Balaban J connectivity index is 1.94. The summed E-state index contributed by atoms with van der Waals surface area (Å²) in [5.74, 6) is -1.10. The van der Waals surface area contributed by atoms with E-state index in [0.717, 1.165) is 4.90 Å². The van der Waals surface area contributed by atoms with E-state index in [0.29, 0.717) is 21.5 Å². The van der Waals surface area contributed by atoms with Gasteiger partial charge in [0.05, 0.1) is 10.5 Å². The number of aliphatic hydroxyl groups excluding tert-OH is 1. The number of imide groups is 1. The van der Waals surface area contributed by atoms with E-state index >= 15 is 0 Å². The molecular weight excluding hydrogens is 410 g/mol. The zero-order valence-corrected chi connectivity index (χ0v) is 16.3. The van der Waals surface area contributed by atoms with Crippen molar-refractivity contribution < 1.29 is 19.6 Å². The van der Waals surface area contributed by atoms with Crippen LogP contribution >= 0.6 is 11.6 Å². The highest BCUT2D eigenvalue weighted by molar-refractivity contribution is 6.30. The molecule has 9 heteroatoms. The Morgan fingerprint density at radius 2 is 1.77 bits per heavy atom. The number of benzene rings is 3. The van der Waals surface area contributed by atoms with E-state index in [1.807, 2.05) is 0 Å². The molecule has 8 nitrogen and oxygen atoms in total. The molecule has 0 atom stereocenters. The molecule has 0 aromatic heterocycles. The molecule has 0 saturated carbocycles. The number of carbonyl (C=O) groups is 2. The molecule has 0 fully saturated rings. The number of rotatable bonds is 6. The number of nitrogens with one attached hydrogen (secondary N) is 1. The highest BCUT2D eigenvalue weighted by atomic mass is 35.5. The van der Waals surface area contributed by atoms with Gasteiger partial charge in [0.2, 0.25) is 0 Å². The minimum absolute atomic E-state index is 0.0303. The number of aliphatic hydroxyl groups is 1.